The Morgan fingerprint density at radius 3 is 2.76 bits per heavy atom. The number of nitrogens with one attached hydrogen (secondary N) is 1. The maximum atomic E-state index is 11.9. The van der Waals surface area contributed by atoms with Gasteiger partial charge in [0.05, 0.1) is 0 Å². The van der Waals surface area contributed by atoms with Gasteiger partial charge in [-0.2, -0.15) is 0 Å². The number of carbonyl (C=O) groups excluding carboxylic acids is 1. The third-order valence-corrected chi connectivity index (χ3v) is 2.80. The van der Waals surface area contributed by atoms with Gasteiger partial charge in [-0.3, -0.25) is 4.79 Å². The Morgan fingerprint density at radius 1 is 1.53 bits per heavy atom. The molecule has 1 aromatic carbocycles. The van der Waals surface area contributed by atoms with Gasteiger partial charge in [-0.15, -0.1) is 0 Å². The Hall–Kier alpha value is -1.55. The van der Waals surface area contributed by atoms with E-state index in [1.165, 1.54) is 6.07 Å². The highest BCUT2D eigenvalue weighted by atomic mass is 16.3. The molecular formula is C13H20N2O2. The molecule has 0 fully saturated rings. The molecule has 0 spiro atoms. The summed E-state index contributed by atoms with van der Waals surface area (Å²) in [7, 11) is 0. The third kappa shape index (κ3) is 3.75. The van der Waals surface area contributed by atoms with Crippen LogP contribution >= 0.6 is 0 Å². The molecule has 0 radical (unpaired) electrons. The lowest BCUT2D eigenvalue weighted by Crippen LogP contribution is -2.35. The minimum atomic E-state index is -0.117. The first-order valence-electron chi connectivity index (χ1n) is 5.89. The summed E-state index contributed by atoms with van der Waals surface area (Å²) in [5.41, 5.74) is 6.74. The van der Waals surface area contributed by atoms with Crippen LogP contribution in [0.1, 0.15) is 35.7 Å². The van der Waals surface area contributed by atoms with Crippen LogP contribution in [0.4, 0.5) is 0 Å². The van der Waals surface area contributed by atoms with Gasteiger partial charge in [-0.25, -0.2) is 0 Å². The van der Waals surface area contributed by atoms with Crippen molar-refractivity contribution in [3.63, 3.8) is 0 Å². The average Bonchev–Trinajstić information content (AvgIpc) is 2.31. The standard InChI is InChI=1S/C13H20N2O2/c1-3-11(6-7-14)15-13(17)10-4-5-12(16)9(2)8-10/h4-5,8,11,16H,3,6-7,14H2,1-2H3,(H,15,17). The number of nitrogens with two attached hydrogens (primary N) is 1. The van der Waals surface area contributed by atoms with E-state index >= 15 is 0 Å². The number of amides is 1. The van der Waals surface area contributed by atoms with Gasteiger partial charge in [0.1, 0.15) is 5.75 Å². The van der Waals surface area contributed by atoms with Crippen molar-refractivity contribution >= 4 is 5.91 Å². The summed E-state index contributed by atoms with van der Waals surface area (Å²) in [4.78, 5) is 11.9. The molecule has 0 aliphatic heterocycles. The van der Waals surface area contributed by atoms with E-state index in [-0.39, 0.29) is 17.7 Å². The number of hydrogen-bond acceptors (Lipinski definition) is 3. The summed E-state index contributed by atoms with van der Waals surface area (Å²) in [6.45, 7) is 4.35. The Balaban J connectivity index is 2.72. The summed E-state index contributed by atoms with van der Waals surface area (Å²) in [6.07, 6.45) is 1.64. The lowest BCUT2D eigenvalue weighted by atomic mass is 10.1. The van der Waals surface area contributed by atoms with E-state index in [0.29, 0.717) is 17.7 Å². The Bertz CT molecular complexity index is 391. The van der Waals surface area contributed by atoms with Gasteiger partial charge in [-0.05, 0) is 50.1 Å². The van der Waals surface area contributed by atoms with Crippen molar-refractivity contribution in [3.05, 3.63) is 29.3 Å². The first-order chi connectivity index (χ1) is 8.08. The topological polar surface area (TPSA) is 75.3 Å². The maximum Gasteiger partial charge on any atom is 0.251 e. The van der Waals surface area contributed by atoms with Crippen molar-refractivity contribution in [1.82, 2.24) is 5.32 Å². The van der Waals surface area contributed by atoms with Crippen LogP contribution in [0.5, 0.6) is 5.75 Å². The number of aryl methyl sites for hydroxylation is 1. The molecule has 0 aromatic heterocycles. The van der Waals surface area contributed by atoms with Crippen molar-refractivity contribution < 1.29 is 9.90 Å². The summed E-state index contributed by atoms with van der Waals surface area (Å²) < 4.78 is 0. The normalized spacial score (nSPS) is 12.2. The number of phenolic OH excluding ortho intramolecular Hbond substituents is 1. The summed E-state index contributed by atoms with van der Waals surface area (Å²) in [5.74, 6) is 0.0870. The molecule has 1 atom stereocenters. The summed E-state index contributed by atoms with van der Waals surface area (Å²) >= 11 is 0. The second-order valence-corrected chi connectivity index (χ2v) is 4.16. The zero-order valence-corrected chi connectivity index (χ0v) is 10.4. The van der Waals surface area contributed by atoms with Crippen LogP contribution in [0.25, 0.3) is 0 Å². The van der Waals surface area contributed by atoms with Crippen LogP contribution in [-0.4, -0.2) is 23.6 Å². The molecule has 1 rings (SSSR count). The highest BCUT2D eigenvalue weighted by Crippen LogP contribution is 2.17. The Morgan fingerprint density at radius 2 is 2.24 bits per heavy atom. The first kappa shape index (κ1) is 13.5. The lowest BCUT2D eigenvalue weighted by Gasteiger charge is -2.16. The molecule has 0 heterocycles. The highest BCUT2D eigenvalue weighted by Gasteiger charge is 2.12. The zero-order valence-electron chi connectivity index (χ0n) is 10.4. The van der Waals surface area contributed by atoms with E-state index in [9.17, 15) is 9.90 Å². The molecule has 1 amide bonds. The quantitative estimate of drug-likeness (QED) is 0.726. The number of aromatic hydroxyl groups is 1. The Labute approximate surface area is 102 Å². The van der Waals surface area contributed by atoms with Gasteiger partial charge < -0.3 is 16.2 Å². The third-order valence-electron chi connectivity index (χ3n) is 2.80. The van der Waals surface area contributed by atoms with Crippen LogP contribution in [0.15, 0.2) is 18.2 Å². The van der Waals surface area contributed by atoms with Crippen molar-refractivity contribution in [3.8, 4) is 5.75 Å². The molecule has 4 nitrogen and oxygen atoms in total. The van der Waals surface area contributed by atoms with Gasteiger partial charge in [0, 0.05) is 11.6 Å². The van der Waals surface area contributed by atoms with E-state index in [0.717, 1.165) is 12.8 Å². The molecule has 4 N–H and O–H groups in total. The van der Waals surface area contributed by atoms with Crippen LogP contribution in [0.3, 0.4) is 0 Å². The number of hydrogen-bond donors (Lipinski definition) is 3. The lowest BCUT2D eigenvalue weighted by molar-refractivity contribution is 0.0934. The van der Waals surface area contributed by atoms with Gasteiger partial charge >= 0.3 is 0 Å². The van der Waals surface area contributed by atoms with Gasteiger partial charge in [0.25, 0.3) is 5.91 Å². The molecule has 0 aliphatic rings. The zero-order chi connectivity index (χ0) is 12.8. The van der Waals surface area contributed by atoms with Crippen molar-refractivity contribution in [2.75, 3.05) is 6.54 Å². The fourth-order valence-electron chi connectivity index (χ4n) is 1.64. The number of phenols is 1. The second-order valence-electron chi connectivity index (χ2n) is 4.16. The van der Waals surface area contributed by atoms with Crippen LogP contribution in [0, 0.1) is 6.92 Å². The summed E-state index contributed by atoms with van der Waals surface area (Å²) in [5, 5.41) is 12.3. The van der Waals surface area contributed by atoms with E-state index in [1.54, 1.807) is 19.1 Å². The van der Waals surface area contributed by atoms with E-state index in [4.69, 9.17) is 5.73 Å². The number of carbonyl (C=O) groups is 1. The SMILES string of the molecule is CCC(CCN)NC(=O)c1ccc(O)c(C)c1. The fourth-order valence-corrected chi connectivity index (χ4v) is 1.64. The molecule has 4 heteroatoms. The number of rotatable bonds is 5. The van der Waals surface area contributed by atoms with Crippen LogP contribution < -0.4 is 11.1 Å². The van der Waals surface area contributed by atoms with Gasteiger partial charge in [-0.1, -0.05) is 6.92 Å². The van der Waals surface area contributed by atoms with Crippen molar-refractivity contribution in [2.45, 2.75) is 32.7 Å². The Kier molecular flexibility index (Phi) is 4.97. The highest BCUT2D eigenvalue weighted by molar-refractivity contribution is 5.94. The van der Waals surface area contributed by atoms with Crippen molar-refractivity contribution in [1.29, 1.82) is 0 Å². The van der Waals surface area contributed by atoms with Gasteiger partial charge in [0.2, 0.25) is 0 Å². The molecule has 0 saturated heterocycles. The largest absolute Gasteiger partial charge is 0.508 e. The fraction of sp³-hybridized carbons (Fsp3) is 0.462. The predicted octanol–water partition coefficient (Wildman–Crippen LogP) is 1.56. The molecule has 1 unspecified atom stereocenters. The van der Waals surface area contributed by atoms with E-state index in [1.807, 2.05) is 6.92 Å². The predicted molar refractivity (Wildman–Crippen MR) is 68.1 cm³/mol. The molecule has 0 saturated carbocycles. The molecule has 0 aliphatic carbocycles. The second kappa shape index (κ2) is 6.25. The smallest absolute Gasteiger partial charge is 0.251 e. The minimum Gasteiger partial charge on any atom is -0.508 e. The van der Waals surface area contributed by atoms with Crippen LogP contribution in [0.2, 0.25) is 0 Å². The van der Waals surface area contributed by atoms with E-state index < -0.39 is 0 Å². The molecule has 1 aromatic rings. The molecule has 94 valence electrons. The minimum absolute atomic E-state index is 0.113. The molecular weight excluding hydrogens is 216 g/mol. The summed E-state index contributed by atoms with van der Waals surface area (Å²) in [6, 6.07) is 4.95. The average molecular weight is 236 g/mol. The monoisotopic (exact) mass is 236 g/mol. The van der Waals surface area contributed by atoms with Crippen molar-refractivity contribution in [2.24, 2.45) is 5.73 Å². The number of benzene rings is 1. The molecule has 0 bridgehead atoms. The van der Waals surface area contributed by atoms with Gasteiger partial charge in [0.15, 0.2) is 0 Å². The molecule has 17 heavy (non-hydrogen) atoms. The first-order valence-corrected chi connectivity index (χ1v) is 5.89. The van der Waals surface area contributed by atoms with E-state index in [2.05, 4.69) is 5.32 Å². The van der Waals surface area contributed by atoms with Crippen LogP contribution in [-0.2, 0) is 0 Å². The maximum absolute atomic E-state index is 11.9.